The van der Waals surface area contributed by atoms with E-state index in [0.29, 0.717) is 11.4 Å². The van der Waals surface area contributed by atoms with Crippen molar-refractivity contribution < 1.29 is 41.8 Å². The maximum Gasteiger partial charge on any atom is 1.00 e. The summed E-state index contributed by atoms with van der Waals surface area (Å²) in [6, 6.07) is 5.11. The Morgan fingerprint density at radius 3 is 1.53 bits per heavy atom. The topological polar surface area (TPSA) is 35.3 Å². The molecule has 0 aliphatic rings. The van der Waals surface area contributed by atoms with E-state index in [2.05, 4.69) is 67.5 Å². The van der Waals surface area contributed by atoms with Crippen LogP contribution in [0.5, 0.6) is 0 Å². The van der Waals surface area contributed by atoms with Gasteiger partial charge in [-0.3, -0.25) is 0 Å². The molecule has 0 heterocycles. The normalized spacial score (nSPS) is 13.0. The second-order valence-corrected chi connectivity index (χ2v) is 19.0. The molecule has 2 N–H and O–H groups in total. The summed E-state index contributed by atoms with van der Waals surface area (Å²) in [6.07, 6.45) is -4.31. The predicted octanol–water partition coefficient (Wildman–Crippen LogP) is -0.225. The summed E-state index contributed by atoms with van der Waals surface area (Å²) in [5.41, 5.74) is 0.0134. The Kier molecular flexibility index (Phi) is 13.8. The number of amidine groups is 1. The maximum atomic E-state index is 12.6. The third-order valence-corrected chi connectivity index (χ3v) is 5.24. The first-order chi connectivity index (χ1) is 12.9. The van der Waals surface area contributed by atoms with Crippen molar-refractivity contribution >= 4 is 22.3 Å². The summed E-state index contributed by atoms with van der Waals surface area (Å²) in [4.78, 5) is 7.77. The van der Waals surface area contributed by atoms with Crippen LogP contribution in [0.3, 0.4) is 0 Å². The molecule has 30 heavy (non-hydrogen) atoms. The van der Waals surface area contributed by atoms with E-state index in [1.165, 1.54) is 35.0 Å². The zero-order valence-corrected chi connectivity index (χ0v) is 22.8. The Hall–Kier alpha value is -0.569. The quantitative estimate of drug-likeness (QED) is 0.337. The fourth-order valence-corrected chi connectivity index (χ4v) is 3.83. The SMILES string of the molecule is C[NH+](C)CC[NH+](C)C.C[Si](C)(C)/N=C(/[N-][Si](C)(C)C)c1ccc(C(F)(F)F)cc1.[Li+]. The number of likely N-dealkylation sites (N-methyl/N-ethyl adjacent to an activating group) is 2. The molecule has 1 aromatic rings. The van der Waals surface area contributed by atoms with Crippen LogP contribution >= 0.6 is 0 Å². The number of quaternary nitrogens is 2. The van der Waals surface area contributed by atoms with Crippen LogP contribution in [0.4, 0.5) is 13.2 Å². The van der Waals surface area contributed by atoms with E-state index in [4.69, 9.17) is 9.64 Å². The van der Waals surface area contributed by atoms with Gasteiger partial charge in [0, 0.05) is 16.5 Å². The Morgan fingerprint density at radius 2 is 1.27 bits per heavy atom. The first-order valence-corrected chi connectivity index (χ1v) is 16.9. The minimum Gasteiger partial charge on any atom is -0.472 e. The van der Waals surface area contributed by atoms with Crippen molar-refractivity contribution in [1.29, 1.82) is 0 Å². The van der Waals surface area contributed by atoms with Crippen molar-refractivity contribution in [3.8, 4) is 0 Å². The number of alkyl halides is 3. The molecule has 0 atom stereocenters. The minimum absolute atomic E-state index is 0. The Morgan fingerprint density at radius 1 is 0.867 bits per heavy atom. The van der Waals surface area contributed by atoms with E-state index in [1.807, 2.05) is 0 Å². The summed E-state index contributed by atoms with van der Waals surface area (Å²) in [5.74, 6) is 0.599. The zero-order valence-electron chi connectivity index (χ0n) is 20.8. The molecule has 0 unspecified atom stereocenters. The fourth-order valence-electron chi connectivity index (χ4n) is 2.10. The molecule has 0 radical (unpaired) electrons. The van der Waals surface area contributed by atoms with Gasteiger partial charge < -0.3 is 19.4 Å². The number of nitrogens with zero attached hydrogens (tertiary/aromatic N) is 2. The molecule has 0 spiro atoms. The van der Waals surface area contributed by atoms with Gasteiger partial charge in [-0.1, -0.05) is 57.3 Å². The molecule has 0 saturated heterocycles. The molecule has 0 fully saturated rings. The molecular weight excluding hydrogens is 416 g/mol. The number of benzene rings is 1. The van der Waals surface area contributed by atoms with Gasteiger partial charge in [-0.15, -0.1) is 0 Å². The average molecular weight is 457 g/mol. The van der Waals surface area contributed by atoms with Crippen LogP contribution in [0.25, 0.3) is 4.98 Å². The van der Waals surface area contributed by atoms with Gasteiger partial charge in [-0.25, -0.2) is 0 Å². The number of nitrogens with one attached hydrogen (secondary N) is 2. The molecule has 1 rings (SSSR count). The summed E-state index contributed by atoms with van der Waals surface area (Å²) < 4.78 is 42.6. The van der Waals surface area contributed by atoms with Crippen molar-refractivity contribution in [3.05, 3.63) is 40.4 Å². The molecule has 10 heteroatoms. The van der Waals surface area contributed by atoms with Gasteiger partial charge >= 0.3 is 25.0 Å². The summed E-state index contributed by atoms with van der Waals surface area (Å²) in [7, 11) is 5.22. The van der Waals surface area contributed by atoms with Crippen LogP contribution in [0, 0.1) is 0 Å². The Bertz CT molecular complexity index is 627. The molecule has 0 aliphatic heterocycles. The van der Waals surface area contributed by atoms with Crippen LogP contribution in [-0.2, 0) is 6.18 Å². The minimum atomic E-state index is -4.31. The van der Waals surface area contributed by atoms with Gasteiger partial charge in [-0.05, 0) is 17.7 Å². The van der Waals surface area contributed by atoms with E-state index < -0.39 is 28.2 Å². The molecular formula is C20H40F3LiN4Si2+2. The number of rotatable bonds is 6. The smallest absolute Gasteiger partial charge is 0.472 e. The Balaban J connectivity index is 0. The molecule has 0 aromatic heterocycles. The van der Waals surface area contributed by atoms with Crippen molar-refractivity contribution in [1.82, 2.24) is 0 Å². The van der Waals surface area contributed by atoms with Gasteiger partial charge in [0.25, 0.3) is 0 Å². The Labute approximate surface area is 195 Å². The van der Waals surface area contributed by atoms with Crippen LogP contribution in [0.1, 0.15) is 11.1 Å². The van der Waals surface area contributed by atoms with E-state index >= 15 is 0 Å². The standard InChI is InChI=1S/C14H22F3N2Si2.C6H16N2.Li/c1-20(2,3)18-13(19-21(4,5)6)11-7-9-12(10-8-11)14(15,16)17;1-7(2)5-6-8(3)4;/h7-10H,1-6H3;5-6H2,1-4H3;/q-1;;+1/p+2. The average Bonchev–Trinajstić information content (AvgIpc) is 2.49. The second-order valence-electron chi connectivity index (χ2n) is 9.88. The summed E-state index contributed by atoms with van der Waals surface area (Å²) >= 11 is 0. The third-order valence-electron chi connectivity index (χ3n) is 3.48. The molecule has 0 aliphatic carbocycles. The van der Waals surface area contributed by atoms with Crippen LogP contribution < -0.4 is 28.7 Å². The van der Waals surface area contributed by atoms with Gasteiger partial charge in [0.2, 0.25) is 0 Å². The van der Waals surface area contributed by atoms with Crippen LogP contribution in [0.2, 0.25) is 39.3 Å². The van der Waals surface area contributed by atoms with E-state index in [9.17, 15) is 13.2 Å². The van der Waals surface area contributed by atoms with Crippen molar-refractivity contribution in [2.45, 2.75) is 45.5 Å². The van der Waals surface area contributed by atoms with Gasteiger partial charge in [-0.2, -0.15) is 13.2 Å². The van der Waals surface area contributed by atoms with E-state index in [-0.39, 0.29) is 18.9 Å². The fraction of sp³-hybridized carbons (Fsp3) is 0.650. The number of hydrogen-bond donors (Lipinski definition) is 2. The number of hydrogen-bond acceptors (Lipinski definition) is 1. The van der Waals surface area contributed by atoms with Crippen molar-refractivity contribution in [3.63, 3.8) is 0 Å². The zero-order chi connectivity index (χ0) is 23.0. The summed E-state index contributed by atoms with van der Waals surface area (Å²) in [6.45, 7) is 15.0. The van der Waals surface area contributed by atoms with Crippen molar-refractivity contribution in [2.75, 3.05) is 41.3 Å². The first-order valence-electron chi connectivity index (χ1n) is 9.99. The van der Waals surface area contributed by atoms with Gasteiger partial charge in [0.05, 0.1) is 33.8 Å². The monoisotopic (exact) mass is 456 g/mol. The molecule has 168 valence electrons. The van der Waals surface area contributed by atoms with Gasteiger partial charge in [0.1, 0.15) is 13.1 Å². The predicted molar refractivity (Wildman–Crippen MR) is 123 cm³/mol. The van der Waals surface area contributed by atoms with Crippen molar-refractivity contribution in [2.24, 2.45) is 4.66 Å². The first kappa shape index (κ1) is 31.6. The molecule has 4 nitrogen and oxygen atoms in total. The van der Waals surface area contributed by atoms with Gasteiger partial charge in [0.15, 0.2) is 0 Å². The van der Waals surface area contributed by atoms with E-state index in [1.54, 1.807) is 0 Å². The van der Waals surface area contributed by atoms with Crippen LogP contribution in [-0.4, -0.2) is 63.6 Å². The largest absolute Gasteiger partial charge is 1.00 e. The second kappa shape index (κ2) is 13.1. The third kappa shape index (κ3) is 16.2. The summed E-state index contributed by atoms with van der Waals surface area (Å²) in [5, 5.41) is 0. The van der Waals surface area contributed by atoms with Crippen LogP contribution in [0.15, 0.2) is 28.9 Å². The molecule has 1 aromatic carbocycles. The number of halogens is 3. The molecule has 0 saturated carbocycles. The molecule has 0 bridgehead atoms. The van der Waals surface area contributed by atoms with E-state index in [0.717, 1.165) is 12.1 Å². The maximum absolute atomic E-state index is 12.6. The molecule has 0 amide bonds.